The minimum Gasteiger partial charge on any atom is -0.390 e. The number of aliphatic hydroxyl groups is 1. The summed E-state index contributed by atoms with van der Waals surface area (Å²) in [5.74, 6) is 0.125. The van der Waals surface area contributed by atoms with Crippen LogP contribution in [0.3, 0.4) is 0 Å². The van der Waals surface area contributed by atoms with E-state index in [-0.39, 0.29) is 18.6 Å². The van der Waals surface area contributed by atoms with Gasteiger partial charge in [-0.3, -0.25) is 4.79 Å². The third kappa shape index (κ3) is 3.01. The monoisotopic (exact) mass is 308 g/mol. The molecule has 2 aliphatic rings. The maximum Gasteiger partial charge on any atom is 0.254 e. The van der Waals surface area contributed by atoms with E-state index in [1.54, 1.807) is 6.20 Å². The van der Waals surface area contributed by atoms with Gasteiger partial charge < -0.3 is 14.7 Å². The minimum atomic E-state index is -0.637. The molecule has 0 aliphatic carbocycles. The Balaban J connectivity index is 1.58. The van der Waals surface area contributed by atoms with Gasteiger partial charge in [0.1, 0.15) is 11.3 Å². The van der Waals surface area contributed by atoms with Crippen LogP contribution in [0.5, 0.6) is 0 Å². The molecule has 0 unspecified atom stereocenters. The molecule has 0 bridgehead atoms. The molecule has 0 radical (unpaired) electrons. The van der Waals surface area contributed by atoms with Gasteiger partial charge in [-0.15, -0.1) is 5.10 Å². The summed E-state index contributed by atoms with van der Waals surface area (Å²) in [5.41, 5.74) is -0.0517. The largest absolute Gasteiger partial charge is 0.390 e. The zero-order valence-corrected chi connectivity index (χ0v) is 13.1. The van der Waals surface area contributed by atoms with Crippen LogP contribution in [0.4, 0.5) is 0 Å². The second-order valence-corrected chi connectivity index (χ2v) is 6.41. The van der Waals surface area contributed by atoms with E-state index in [1.807, 2.05) is 16.5 Å². The number of aromatic nitrogens is 3. The fourth-order valence-electron chi connectivity index (χ4n) is 3.33. The molecule has 0 aromatic carbocycles. The number of carbonyl (C=O) groups is 1. The number of carbonyl (C=O) groups excluding carboxylic acids is 1. The predicted octanol–water partition coefficient (Wildman–Crippen LogP) is 0.893. The number of piperidine rings is 1. The molecule has 122 valence electrons. The highest BCUT2D eigenvalue weighted by Gasteiger charge is 2.40. The van der Waals surface area contributed by atoms with Gasteiger partial charge >= 0.3 is 0 Å². The number of nitrogens with zero attached hydrogens (tertiary/aromatic N) is 4. The summed E-state index contributed by atoms with van der Waals surface area (Å²) >= 11 is 0. The maximum atomic E-state index is 12.7. The number of rotatable bonds is 3. The molecule has 3 heterocycles. The molecule has 2 saturated heterocycles. The highest BCUT2D eigenvalue weighted by molar-refractivity contribution is 5.85. The van der Waals surface area contributed by atoms with Crippen molar-refractivity contribution in [2.45, 2.75) is 57.3 Å². The highest BCUT2D eigenvalue weighted by Crippen LogP contribution is 2.29. The molecule has 1 atom stereocenters. The van der Waals surface area contributed by atoms with E-state index < -0.39 is 5.60 Å². The Hall–Kier alpha value is -1.47. The quantitative estimate of drug-likeness (QED) is 0.897. The van der Waals surface area contributed by atoms with Crippen LogP contribution in [-0.2, 0) is 16.1 Å². The molecule has 1 aromatic rings. The van der Waals surface area contributed by atoms with Crippen LogP contribution >= 0.6 is 0 Å². The Morgan fingerprint density at radius 2 is 2.23 bits per heavy atom. The second-order valence-electron chi connectivity index (χ2n) is 6.41. The van der Waals surface area contributed by atoms with Gasteiger partial charge in [-0.25, -0.2) is 4.68 Å². The number of hydrogen-bond acceptors (Lipinski definition) is 5. The van der Waals surface area contributed by atoms with Crippen LogP contribution < -0.4 is 0 Å². The molecule has 7 nitrogen and oxygen atoms in total. The van der Waals surface area contributed by atoms with Crippen molar-refractivity contribution in [3.63, 3.8) is 0 Å². The molecular formula is C15H24N4O3. The molecule has 0 saturated carbocycles. The van der Waals surface area contributed by atoms with Crippen LogP contribution in [0.15, 0.2) is 6.20 Å². The first-order chi connectivity index (χ1) is 10.6. The van der Waals surface area contributed by atoms with Crippen molar-refractivity contribution in [1.82, 2.24) is 19.9 Å². The van der Waals surface area contributed by atoms with E-state index in [9.17, 15) is 4.79 Å². The third-order valence-electron chi connectivity index (χ3n) is 4.77. The lowest BCUT2D eigenvalue weighted by Gasteiger charge is -2.39. The SMILES string of the molecule is C[C@]1(C(=O)N2CCC(n3cc(CO)nn3)CC2)CCCCO1. The molecule has 1 amide bonds. The predicted molar refractivity (Wildman–Crippen MR) is 79.0 cm³/mol. The van der Waals surface area contributed by atoms with Gasteiger partial charge in [0.25, 0.3) is 5.91 Å². The second kappa shape index (κ2) is 6.34. The molecule has 1 aromatic heterocycles. The summed E-state index contributed by atoms with van der Waals surface area (Å²) in [7, 11) is 0. The van der Waals surface area contributed by atoms with E-state index in [4.69, 9.17) is 9.84 Å². The van der Waals surface area contributed by atoms with Gasteiger partial charge in [0.2, 0.25) is 0 Å². The smallest absolute Gasteiger partial charge is 0.254 e. The Morgan fingerprint density at radius 3 is 2.82 bits per heavy atom. The zero-order valence-electron chi connectivity index (χ0n) is 13.1. The lowest BCUT2D eigenvalue weighted by atomic mass is 9.93. The first-order valence-electron chi connectivity index (χ1n) is 8.07. The standard InChI is InChI=1S/C15H24N4O3/c1-15(6-2-3-9-22-15)14(21)18-7-4-13(5-8-18)19-10-12(11-20)16-17-19/h10,13,20H,2-9,11H2,1H3/t15-/m1/s1. The van der Waals surface area contributed by atoms with Crippen molar-refractivity contribution in [3.8, 4) is 0 Å². The van der Waals surface area contributed by atoms with E-state index >= 15 is 0 Å². The minimum absolute atomic E-state index is 0.0903. The number of amides is 1. The van der Waals surface area contributed by atoms with Crippen LogP contribution in [0, 0.1) is 0 Å². The first kappa shape index (κ1) is 15.4. The van der Waals surface area contributed by atoms with Crippen molar-refractivity contribution in [3.05, 3.63) is 11.9 Å². The average molecular weight is 308 g/mol. The normalized spacial score (nSPS) is 27.1. The summed E-state index contributed by atoms with van der Waals surface area (Å²) < 4.78 is 7.57. The van der Waals surface area contributed by atoms with Gasteiger partial charge in [0.05, 0.1) is 18.8 Å². The number of aliphatic hydroxyl groups excluding tert-OH is 1. The van der Waals surface area contributed by atoms with Gasteiger partial charge in [0.15, 0.2) is 0 Å². The van der Waals surface area contributed by atoms with Crippen LogP contribution in [-0.4, -0.2) is 56.2 Å². The van der Waals surface area contributed by atoms with Crippen molar-refractivity contribution in [2.24, 2.45) is 0 Å². The molecular weight excluding hydrogens is 284 g/mol. The van der Waals surface area contributed by atoms with Gasteiger partial charge in [0, 0.05) is 19.7 Å². The summed E-state index contributed by atoms with van der Waals surface area (Å²) in [6, 6.07) is 0.247. The van der Waals surface area contributed by atoms with Crippen molar-refractivity contribution in [1.29, 1.82) is 0 Å². The Kier molecular flexibility index (Phi) is 4.44. The van der Waals surface area contributed by atoms with Gasteiger partial charge in [-0.1, -0.05) is 5.21 Å². The highest BCUT2D eigenvalue weighted by atomic mass is 16.5. The van der Waals surface area contributed by atoms with E-state index in [0.717, 1.165) is 45.2 Å². The summed E-state index contributed by atoms with van der Waals surface area (Å²) in [6.45, 7) is 3.95. The third-order valence-corrected chi connectivity index (χ3v) is 4.77. The lowest BCUT2D eigenvalue weighted by molar-refractivity contribution is -0.163. The van der Waals surface area contributed by atoms with E-state index in [2.05, 4.69) is 10.3 Å². The Labute approximate surface area is 130 Å². The average Bonchev–Trinajstić information content (AvgIpc) is 3.04. The molecule has 22 heavy (non-hydrogen) atoms. The molecule has 1 N–H and O–H groups in total. The van der Waals surface area contributed by atoms with Gasteiger partial charge in [-0.05, 0) is 39.0 Å². The van der Waals surface area contributed by atoms with E-state index in [1.165, 1.54) is 0 Å². The molecule has 2 fully saturated rings. The number of hydrogen-bond donors (Lipinski definition) is 1. The van der Waals surface area contributed by atoms with Crippen molar-refractivity contribution < 1.29 is 14.6 Å². The van der Waals surface area contributed by atoms with Crippen LogP contribution in [0.2, 0.25) is 0 Å². The summed E-state index contributed by atoms with van der Waals surface area (Å²) in [6.07, 6.45) is 6.42. The Morgan fingerprint density at radius 1 is 1.45 bits per heavy atom. The maximum absolute atomic E-state index is 12.7. The topological polar surface area (TPSA) is 80.5 Å². The first-order valence-corrected chi connectivity index (χ1v) is 8.07. The van der Waals surface area contributed by atoms with Crippen LogP contribution in [0.25, 0.3) is 0 Å². The summed E-state index contributed by atoms with van der Waals surface area (Å²) in [4.78, 5) is 14.6. The molecule has 3 rings (SSSR count). The fourth-order valence-corrected chi connectivity index (χ4v) is 3.33. The molecule has 0 spiro atoms. The lowest BCUT2D eigenvalue weighted by Crippen LogP contribution is -2.52. The summed E-state index contributed by atoms with van der Waals surface area (Å²) in [5, 5.41) is 17.0. The Bertz CT molecular complexity index is 517. The number of likely N-dealkylation sites (tertiary alicyclic amines) is 1. The van der Waals surface area contributed by atoms with E-state index in [0.29, 0.717) is 12.3 Å². The molecule has 2 aliphatic heterocycles. The fraction of sp³-hybridized carbons (Fsp3) is 0.800. The molecule has 7 heteroatoms. The van der Waals surface area contributed by atoms with Gasteiger partial charge in [-0.2, -0.15) is 0 Å². The van der Waals surface area contributed by atoms with Crippen molar-refractivity contribution in [2.75, 3.05) is 19.7 Å². The zero-order chi connectivity index (χ0) is 15.6. The van der Waals surface area contributed by atoms with Crippen molar-refractivity contribution >= 4 is 5.91 Å². The van der Waals surface area contributed by atoms with Crippen LogP contribution in [0.1, 0.15) is 50.8 Å². The number of ether oxygens (including phenoxy) is 1.